The van der Waals surface area contributed by atoms with Gasteiger partial charge in [0, 0.05) is 11.8 Å². The van der Waals surface area contributed by atoms with Crippen LogP contribution in [0, 0.1) is 6.92 Å². The molecule has 2 rings (SSSR count). The Morgan fingerprint density at radius 3 is 2.65 bits per heavy atom. The molecule has 20 heavy (non-hydrogen) atoms. The van der Waals surface area contributed by atoms with Gasteiger partial charge >= 0.3 is 5.97 Å². The molecule has 102 valence electrons. The Bertz CT molecular complexity index is 686. The molecule has 1 heterocycles. The van der Waals surface area contributed by atoms with Crippen LogP contribution in [-0.4, -0.2) is 22.0 Å². The number of aromatic carboxylic acids is 1. The average molecular weight is 291 g/mol. The number of aryl methyl sites for hydroxylation is 1. The molecule has 0 aliphatic rings. The van der Waals surface area contributed by atoms with Crippen molar-refractivity contribution in [3.05, 3.63) is 58.4 Å². The average Bonchev–Trinajstić information content (AvgIpc) is 2.42. The third kappa shape index (κ3) is 3.13. The predicted octanol–water partition coefficient (Wildman–Crippen LogP) is 2.99. The van der Waals surface area contributed by atoms with E-state index in [2.05, 4.69) is 10.3 Å². The Hall–Kier alpha value is -2.40. The lowest BCUT2D eigenvalue weighted by atomic mass is 10.2. The van der Waals surface area contributed by atoms with E-state index in [1.807, 2.05) is 13.0 Å². The number of carboxylic acid groups (broad SMARTS) is 1. The SMILES string of the molecule is Cc1ccc(NC(=O)c2ccnc(C(=O)O)c2)c(Cl)c1. The van der Waals surface area contributed by atoms with Crippen LogP contribution in [0.4, 0.5) is 5.69 Å². The zero-order valence-electron chi connectivity index (χ0n) is 10.6. The Morgan fingerprint density at radius 1 is 1.25 bits per heavy atom. The number of halogens is 1. The van der Waals surface area contributed by atoms with Crippen molar-refractivity contribution in [3.8, 4) is 0 Å². The molecule has 1 aromatic heterocycles. The molecule has 0 unspecified atom stereocenters. The smallest absolute Gasteiger partial charge is 0.354 e. The Labute approximate surface area is 120 Å². The zero-order valence-corrected chi connectivity index (χ0v) is 11.3. The van der Waals surface area contributed by atoms with E-state index in [-0.39, 0.29) is 11.3 Å². The predicted molar refractivity (Wildman–Crippen MR) is 75.3 cm³/mol. The molecular weight excluding hydrogens is 280 g/mol. The van der Waals surface area contributed by atoms with Crippen molar-refractivity contribution in [1.82, 2.24) is 4.98 Å². The number of rotatable bonds is 3. The quantitative estimate of drug-likeness (QED) is 0.911. The second-order valence-corrected chi connectivity index (χ2v) is 4.58. The van der Waals surface area contributed by atoms with Crippen molar-refractivity contribution < 1.29 is 14.7 Å². The lowest BCUT2D eigenvalue weighted by molar-refractivity contribution is 0.0690. The van der Waals surface area contributed by atoms with Gasteiger partial charge in [0.05, 0.1) is 10.7 Å². The van der Waals surface area contributed by atoms with Gasteiger partial charge in [-0.2, -0.15) is 0 Å². The van der Waals surface area contributed by atoms with Gasteiger partial charge in [-0.05, 0) is 36.8 Å². The van der Waals surface area contributed by atoms with Crippen LogP contribution in [0.1, 0.15) is 26.4 Å². The highest BCUT2D eigenvalue weighted by atomic mass is 35.5. The molecular formula is C14H11ClN2O3. The third-order valence-corrected chi connectivity index (χ3v) is 2.93. The summed E-state index contributed by atoms with van der Waals surface area (Å²) >= 11 is 6.02. The first kappa shape index (κ1) is 14.0. The van der Waals surface area contributed by atoms with E-state index in [9.17, 15) is 9.59 Å². The van der Waals surface area contributed by atoms with Crippen LogP contribution in [0.3, 0.4) is 0 Å². The first-order valence-corrected chi connectivity index (χ1v) is 6.12. The minimum Gasteiger partial charge on any atom is -0.477 e. The summed E-state index contributed by atoms with van der Waals surface area (Å²) in [6, 6.07) is 7.88. The number of amides is 1. The van der Waals surface area contributed by atoms with Crippen LogP contribution in [0.15, 0.2) is 36.5 Å². The van der Waals surface area contributed by atoms with Gasteiger partial charge in [-0.3, -0.25) is 4.79 Å². The molecule has 0 saturated heterocycles. The number of anilines is 1. The Kier molecular flexibility index (Phi) is 4.00. The Balaban J connectivity index is 2.24. The third-order valence-electron chi connectivity index (χ3n) is 2.61. The number of nitrogens with zero attached hydrogens (tertiary/aromatic N) is 1. The van der Waals surface area contributed by atoms with Crippen LogP contribution in [0.2, 0.25) is 5.02 Å². The first-order chi connectivity index (χ1) is 9.47. The lowest BCUT2D eigenvalue weighted by Gasteiger charge is -2.08. The fraction of sp³-hybridized carbons (Fsp3) is 0.0714. The number of carbonyl (C=O) groups is 2. The molecule has 0 aliphatic heterocycles. The molecule has 2 N–H and O–H groups in total. The van der Waals surface area contributed by atoms with E-state index < -0.39 is 11.9 Å². The molecule has 2 aromatic rings. The van der Waals surface area contributed by atoms with Crippen molar-refractivity contribution in [1.29, 1.82) is 0 Å². The normalized spacial score (nSPS) is 10.1. The molecule has 6 heteroatoms. The number of pyridine rings is 1. The standard InChI is InChI=1S/C14H11ClN2O3/c1-8-2-3-11(10(15)6-8)17-13(18)9-4-5-16-12(7-9)14(19)20/h2-7H,1H3,(H,17,18)(H,19,20). The number of hydrogen-bond donors (Lipinski definition) is 2. The monoisotopic (exact) mass is 290 g/mol. The summed E-state index contributed by atoms with van der Waals surface area (Å²) in [5.74, 6) is -1.63. The number of carboxylic acids is 1. The molecule has 0 atom stereocenters. The topological polar surface area (TPSA) is 79.3 Å². The van der Waals surface area contributed by atoms with E-state index in [4.69, 9.17) is 16.7 Å². The first-order valence-electron chi connectivity index (χ1n) is 5.74. The summed E-state index contributed by atoms with van der Waals surface area (Å²) in [4.78, 5) is 26.5. The lowest BCUT2D eigenvalue weighted by Crippen LogP contribution is -2.13. The maximum atomic E-state index is 12.0. The molecule has 5 nitrogen and oxygen atoms in total. The summed E-state index contributed by atoms with van der Waals surface area (Å²) in [5, 5.41) is 11.9. The van der Waals surface area contributed by atoms with Crippen molar-refractivity contribution in [2.75, 3.05) is 5.32 Å². The number of carbonyl (C=O) groups excluding carboxylic acids is 1. The molecule has 1 aromatic carbocycles. The van der Waals surface area contributed by atoms with E-state index in [1.54, 1.807) is 12.1 Å². The number of hydrogen-bond acceptors (Lipinski definition) is 3. The van der Waals surface area contributed by atoms with Crippen LogP contribution in [0.5, 0.6) is 0 Å². The summed E-state index contributed by atoms with van der Waals surface area (Å²) < 4.78 is 0. The molecule has 0 bridgehead atoms. The van der Waals surface area contributed by atoms with Crippen molar-refractivity contribution >= 4 is 29.2 Å². The van der Waals surface area contributed by atoms with Gasteiger partial charge in [0.1, 0.15) is 5.69 Å². The highest BCUT2D eigenvalue weighted by Crippen LogP contribution is 2.23. The highest BCUT2D eigenvalue weighted by molar-refractivity contribution is 6.34. The fourth-order valence-corrected chi connectivity index (χ4v) is 1.89. The van der Waals surface area contributed by atoms with Gasteiger partial charge in [-0.1, -0.05) is 17.7 Å². The van der Waals surface area contributed by atoms with Crippen LogP contribution in [-0.2, 0) is 0 Å². The summed E-state index contributed by atoms with van der Waals surface area (Å²) in [7, 11) is 0. The summed E-state index contributed by atoms with van der Waals surface area (Å²) in [6.07, 6.45) is 1.27. The number of benzene rings is 1. The molecule has 0 aliphatic carbocycles. The zero-order chi connectivity index (χ0) is 14.7. The highest BCUT2D eigenvalue weighted by Gasteiger charge is 2.12. The largest absolute Gasteiger partial charge is 0.477 e. The minimum absolute atomic E-state index is 0.187. The minimum atomic E-state index is -1.19. The van der Waals surface area contributed by atoms with E-state index in [0.717, 1.165) is 5.56 Å². The van der Waals surface area contributed by atoms with Gasteiger partial charge in [0.25, 0.3) is 5.91 Å². The summed E-state index contributed by atoms with van der Waals surface area (Å²) in [5.41, 5.74) is 1.46. The number of nitrogens with one attached hydrogen (secondary N) is 1. The number of aromatic nitrogens is 1. The maximum absolute atomic E-state index is 12.0. The molecule has 0 fully saturated rings. The van der Waals surface area contributed by atoms with Gasteiger partial charge < -0.3 is 10.4 Å². The second kappa shape index (κ2) is 5.71. The second-order valence-electron chi connectivity index (χ2n) is 4.17. The van der Waals surface area contributed by atoms with Crippen molar-refractivity contribution in [3.63, 3.8) is 0 Å². The van der Waals surface area contributed by atoms with E-state index in [0.29, 0.717) is 10.7 Å². The van der Waals surface area contributed by atoms with Crippen LogP contribution >= 0.6 is 11.6 Å². The van der Waals surface area contributed by atoms with Crippen molar-refractivity contribution in [2.24, 2.45) is 0 Å². The summed E-state index contributed by atoms with van der Waals surface area (Å²) in [6.45, 7) is 1.89. The molecule has 0 radical (unpaired) electrons. The van der Waals surface area contributed by atoms with Crippen LogP contribution < -0.4 is 5.32 Å². The van der Waals surface area contributed by atoms with E-state index >= 15 is 0 Å². The Morgan fingerprint density at radius 2 is 2.00 bits per heavy atom. The van der Waals surface area contributed by atoms with Gasteiger partial charge in [0.15, 0.2) is 0 Å². The van der Waals surface area contributed by atoms with Gasteiger partial charge in [-0.25, -0.2) is 9.78 Å². The molecule has 0 spiro atoms. The van der Waals surface area contributed by atoms with E-state index in [1.165, 1.54) is 18.3 Å². The maximum Gasteiger partial charge on any atom is 0.354 e. The molecule has 0 saturated carbocycles. The molecule has 1 amide bonds. The van der Waals surface area contributed by atoms with Gasteiger partial charge in [-0.15, -0.1) is 0 Å². The van der Waals surface area contributed by atoms with Gasteiger partial charge in [0.2, 0.25) is 0 Å². The van der Waals surface area contributed by atoms with Crippen LogP contribution in [0.25, 0.3) is 0 Å². The van der Waals surface area contributed by atoms with Crippen molar-refractivity contribution in [2.45, 2.75) is 6.92 Å². The fourth-order valence-electron chi connectivity index (χ4n) is 1.60.